The van der Waals surface area contributed by atoms with Crippen molar-refractivity contribution in [3.8, 4) is 0 Å². The van der Waals surface area contributed by atoms with Crippen molar-refractivity contribution in [3.05, 3.63) is 29.2 Å². The maximum atomic E-state index is 6.05. The number of aromatic nitrogens is 1. The summed E-state index contributed by atoms with van der Waals surface area (Å²) >= 11 is 1.74. The third-order valence-electron chi connectivity index (χ3n) is 4.53. The van der Waals surface area contributed by atoms with Crippen molar-refractivity contribution in [2.45, 2.75) is 31.9 Å². The third kappa shape index (κ3) is 3.54. The smallest absolute Gasteiger partial charge is 0.107 e. The normalized spacial score (nSPS) is 30.0. The Bertz CT molecular complexity index is 451. The molecule has 2 unspecified atom stereocenters. The maximum absolute atomic E-state index is 6.05. The predicted octanol–water partition coefficient (Wildman–Crippen LogP) is 2.72. The van der Waals surface area contributed by atoms with Crippen LogP contribution in [-0.2, 0) is 16.0 Å². The van der Waals surface area contributed by atoms with Gasteiger partial charge in [-0.05, 0) is 19.3 Å². The number of piperidine rings is 1. The van der Waals surface area contributed by atoms with Crippen LogP contribution in [0, 0.1) is 5.41 Å². The molecule has 3 rings (SSSR count). The van der Waals surface area contributed by atoms with Crippen LogP contribution in [0.1, 0.15) is 24.3 Å². The van der Waals surface area contributed by atoms with Crippen molar-refractivity contribution in [1.29, 1.82) is 0 Å². The van der Waals surface area contributed by atoms with Crippen LogP contribution in [0.25, 0.3) is 0 Å². The van der Waals surface area contributed by atoms with Crippen LogP contribution >= 0.6 is 11.3 Å². The fourth-order valence-electron chi connectivity index (χ4n) is 3.60. The Morgan fingerprint density at radius 2 is 2.57 bits per heavy atom. The van der Waals surface area contributed by atoms with Gasteiger partial charge in [-0.1, -0.05) is 6.08 Å². The molecule has 2 aliphatic rings. The molecule has 2 atom stereocenters. The fraction of sp³-hybridized carbons (Fsp3) is 0.688. The van der Waals surface area contributed by atoms with Gasteiger partial charge < -0.3 is 9.47 Å². The van der Waals surface area contributed by atoms with E-state index in [1.54, 1.807) is 11.3 Å². The largest absolute Gasteiger partial charge is 0.377 e. The Morgan fingerprint density at radius 1 is 1.62 bits per heavy atom. The van der Waals surface area contributed by atoms with E-state index in [0.29, 0.717) is 12.7 Å². The van der Waals surface area contributed by atoms with Gasteiger partial charge in [-0.15, -0.1) is 17.9 Å². The van der Waals surface area contributed by atoms with E-state index in [4.69, 9.17) is 9.47 Å². The third-order valence-corrected chi connectivity index (χ3v) is 5.30. The first-order chi connectivity index (χ1) is 10.3. The lowest BCUT2D eigenvalue weighted by atomic mass is 9.73. The summed E-state index contributed by atoms with van der Waals surface area (Å²) in [6, 6.07) is 0. The molecule has 5 heteroatoms. The van der Waals surface area contributed by atoms with Gasteiger partial charge in [-0.3, -0.25) is 4.90 Å². The molecule has 0 saturated carbocycles. The molecule has 2 fully saturated rings. The van der Waals surface area contributed by atoms with Crippen LogP contribution in [0.4, 0.5) is 0 Å². The number of fused-ring (bicyclic) bond motifs is 1. The van der Waals surface area contributed by atoms with Gasteiger partial charge in [0.05, 0.1) is 25.9 Å². The van der Waals surface area contributed by atoms with Gasteiger partial charge in [0.15, 0.2) is 0 Å². The molecular formula is C16H24N2O2S. The molecule has 1 aromatic rings. The Labute approximate surface area is 130 Å². The van der Waals surface area contributed by atoms with Crippen molar-refractivity contribution in [2.75, 3.05) is 32.9 Å². The molecule has 2 saturated heterocycles. The van der Waals surface area contributed by atoms with Crippen LogP contribution in [0.2, 0.25) is 0 Å². The van der Waals surface area contributed by atoms with Gasteiger partial charge in [-0.2, -0.15) is 0 Å². The summed E-state index contributed by atoms with van der Waals surface area (Å²) < 4.78 is 11.9. The molecule has 0 amide bonds. The van der Waals surface area contributed by atoms with Crippen LogP contribution < -0.4 is 0 Å². The van der Waals surface area contributed by atoms with Gasteiger partial charge in [-0.25, -0.2) is 4.98 Å². The zero-order valence-corrected chi connectivity index (χ0v) is 13.3. The number of nitrogens with zero attached hydrogens (tertiary/aromatic N) is 2. The van der Waals surface area contributed by atoms with Crippen LogP contribution in [0.15, 0.2) is 24.2 Å². The number of thiazole rings is 1. The molecule has 1 aromatic heterocycles. The summed E-state index contributed by atoms with van der Waals surface area (Å²) in [5.74, 6) is 0. The molecule has 2 aliphatic heterocycles. The van der Waals surface area contributed by atoms with Crippen molar-refractivity contribution in [2.24, 2.45) is 5.41 Å². The SMILES string of the molecule is C=CCOCC12CCCOC1CCN(Cc1nccs1)C2. The summed E-state index contributed by atoms with van der Waals surface area (Å²) in [5.41, 5.74) is 0.150. The molecule has 21 heavy (non-hydrogen) atoms. The Morgan fingerprint density at radius 3 is 3.38 bits per heavy atom. The number of rotatable bonds is 6. The van der Waals surface area contributed by atoms with E-state index in [-0.39, 0.29) is 5.41 Å². The Kier molecular flexibility index (Phi) is 5.06. The van der Waals surface area contributed by atoms with Gasteiger partial charge in [0.2, 0.25) is 0 Å². The highest BCUT2D eigenvalue weighted by molar-refractivity contribution is 7.09. The molecule has 0 aromatic carbocycles. The van der Waals surface area contributed by atoms with Gasteiger partial charge >= 0.3 is 0 Å². The minimum atomic E-state index is 0.150. The van der Waals surface area contributed by atoms with Crippen LogP contribution in [0.5, 0.6) is 0 Å². The topological polar surface area (TPSA) is 34.6 Å². The second-order valence-corrected chi connectivity index (χ2v) is 7.03. The summed E-state index contributed by atoms with van der Waals surface area (Å²) in [6.07, 6.45) is 7.50. The maximum Gasteiger partial charge on any atom is 0.107 e. The Balaban J connectivity index is 1.66. The van der Waals surface area contributed by atoms with E-state index in [0.717, 1.165) is 45.7 Å². The first-order valence-electron chi connectivity index (χ1n) is 7.73. The van der Waals surface area contributed by atoms with E-state index in [1.165, 1.54) is 11.4 Å². The fourth-order valence-corrected chi connectivity index (χ4v) is 4.25. The van der Waals surface area contributed by atoms with E-state index < -0.39 is 0 Å². The molecular weight excluding hydrogens is 284 g/mol. The van der Waals surface area contributed by atoms with Gasteiger partial charge in [0, 0.05) is 36.7 Å². The highest BCUT2D eigenvalue weighted by Gasteiger charge is 2.46. The van der Waals surface area contributed by atoms with E-state index in [9.17, 15) is 0 Å². The van der Waals surface area contributed by atoms with Crippen molar-refractivity contribution < 1.29 is 9.47 Å². The highest BCUT2D eigenvalue weighted by Crippen LogP contribution is 2.40. The quantitative estimate of drug-likeness (QED) is 0.598. The lowest BCUT2D eigenvalue weighted by molar-refractivity contribution is -0.152. The van der Waals surface area contributed by atoms with Gasteiger partial charge in [0.25, 0.3) is 0 Å². The molecule has 0 N–H and O–H groups in total. The zero-order valence-electron chi connectivity index (χ0n) is 12.5. The number of likely N-dealkylation sites (tertiary alicyclic amines) is 1. The standard InChI is InChI=1S/C16H24N2O2S/c1-2-8-19-13-16-5-3-9-20-14(16)4-7-18(12-16)11-15-17-6-10-21-15/h2,6,10,14H,1,3-5,7-9,11-13H2. The molecule has 4 nitrogen and oxygen atoms in total. The van der Waals surface area contributed by atoms with Crippen molar-refractivity contribution in [3.63, 3.8) is 0 Å². The summed E-state index contributed by atoms with van der Waals surface area (Å²) in [7, 11) is 0. The monoisotopic (exact) mass is 308 g/mol. The first-order valence-corrected chi connectivity index (χ1v) is 8.61. The lowest BCUT2D eigenvalue weighted by Gasteiger charge is -2.50. The summed E-state index contributed by atoms with van der Waals surface area (Å²) in [4.78, 5) is 6.93. The number of hydrogen-bond acceptors (Lipinski definition) is 5. The predicted molar refractivity (Wildman–Crippen MR) is 84.4 cm³/mol. The van der Waals surface area contributed by atoms with Crippen LogP contribution in [0.3, 0.4) is 0 Å². The molecule has 0 aliphatic carbocycles. The molecule has 0 bridgehead atoms. The average molecular weight is 308 g/mol. The Hall–Kier alpha value is -0.750. The van der Waals surface area contributed by atoms with E-state index in [2.05, 4.69) is 21.8 Å². The van der Waals surface area contributed by atoms with Crippen LogP contribution in [-0.4, -0.2) is 48.9 Å². The first kappa shape index (κ1) is 15.2. The number of hydrogen-bond donors (Lipinski definition) is 0. The van der Waals surface area contributed by atoms with Gasteiger partial charge in [0.1, 0.15) is 5.01 Å². The van der Waals surface area contributed by atoms with E-state index >= 15 is 0 Å². The highest BCUT2D eigenvalue weighted by atomic mass is 32.1. The summed E-state index contributed by atoms with van der Waals surface area (Å²) in [6.45, 7) is 9.13. The minimum Gasteiger partial charge on any atom is -0.377 e. The molecule has 0 radical (unpaired) electrons. The second-order valence-electron chi connectivity index (χ2n) is 6.05. The molecule has 0 spiro atoms. The lowest BCUT2D eigenvalue weighted by Crippen LogP contribution is -2.56. The van der Waals surface area contributed by atoms with Crippen molar-refractivity contribution in [1.82, 2.24) is 9.88 Å². The zero-order chi connectivity index (χ0) is 14.5. The minimum absolute atomic E-state index is 0.150. The molecule has 3 heterocycles. The van der Waals surface area contributed by atoms with E-state index in [1.807, 2.05) is 12.3 Å². The number of ether oxygens (including phenoxy) is 2. The summed E-state index contributed by atoms with van der Waals surface area (Å²) in [5, 5.41) is 3.25. The second kappa shape index (κ2) is 7.01. The average Bonchev–Trinajstić information content (AvgIpc) is 3.00. The van der Waals surface area contributed by atoms with Crippen molar-refractivity contribution >= 4 is 11.3 Å². The molecule has 116 valence electrons.